The predicted octanol–water partition coefficient (Wildman–Crippen LogP) is 2.25. The summed E-state index contributed by atoms with van der Waals surface area (Å²) in [5.41, 5.74) is 1.01. The summed E-state index contributed by atoms with van der Waals surface area (Å²) in [5.74, 6) is 0.182. The van der Waals surface area contributed by atoms with E-state index in [2.05, 4.69) is 30.1 Å². The van der Waals surface area contributed by atoms with E-state index in [1.807, 2.05) is 6.92 Å². The molecule has 0 amide bonds. The zero-order chi connectivity index (χ0) is 17.3. The molecular formula is C17H22FN5OS. The molecule has 8 heteroatoms. The number of likely N-dealkylation sites (tertiary alicyclic amines) is 1. The summed E-state index contributed by atoms with van der Waals surface area (Å²) < 4.78 is 19.2. The van der Waals surface area contributed by atoms with Crippen LogP contribution in [0.2, 0.25) is 0 Å². The molecule has 2 aliphatic rings. The summed E-state index contributed by atoms with van der Waals surface area (Å²) in [7, 11) is 0. The smallest absolute Gasteiger partial charge is 0.225 e. The number of hydrogen-bond acceptors (Lipinski definition) is 7. The van der Waals surface area contributed by atoms with Crippen molar-refractivity contribution in [3.05, 3.63) is 34.3 Å². The third kappa shape index (κ3) is 3.80. The first-order chi connectivity index (χ1) is 12.1. The number of nitrogens with zero attached hydrogens (tertiary/aromatic N) is 5. The summed E-state index contributed by atoms with van der Waals surface area (Å²) >= 11 is 1.70. The molecule has 4 heterocycles. The zero-order valence-corrected chi connectivity index (χ0v) is 15.1. The normalized spacial score (nSPS) is 21.0. The molecule has 25 heavy (non-hydrogen) atoms. The number of morpholine rings is 1. The van der Waals surface area contributed by atoms with E-state index in [1.54, 1.807) is 11.3 Å². The van der Waals surface area contributed by atoms with E-state index in [4.69, 9.17) is 4.74 Å². The lowest BCUT2D eigenvalue weighted by Crippen LogP contribution is -2.57. The van der Waals surface area contributed by atoms with E-state index in [9.17, 15) is 4.39 Å². The van der Waals surface area contributed by atoms with Crippen LogP contribution in [0.5, 0.6) is 0 Å². The summed E-state index contributed by atoms with van der Waals surface area (Å²) in [5, 5.41) is 3.26. The highest BCUT2D eigenvalue weighted by Crippen LogP contribution is 2.31. The number of aryl methyl sites for hydroxylation is 1. The molecular weight excluding hydrogens is 341 g/mol. The molecule has 6 nitrogen and oxygen atoms in total. The molecule has 0 saturated carbocycles. The topological polar surface area (TPSA) is 54.4 Å². The number of ether oxygens (including phenoxy) is 1. The van der Waals surface area contributed by atoms with E-state index >= 15 is 0 Å². The maximum absolute atomic E-state index is 13.0. The van der Waals surface area contributed by atoms with Crippen LogP contribution in [-0.4, -0.2) is 58.2 Å². The third-order valence-electron chi connectivity index (χ3n) is 4.96. The van der Waals surface area contributed by atoms with E-state index in [0.717, 1.165) is 56.3 Å². The van der Waals surface area contributed by atoms with Gasteiger partial charge in [0.15, 0.2) is 5.82 Å². The fourth-order valence-corrected chi connectivity index (χ4v) is 4.22. The van der Waals surface area contributed by atoms with E-state index < -0.39 is 5.82 Å². The second-order valence-electron chi connectivity index (χ2n) is 6.79. The van der Waals surface area contributed by atoms with Gasteiger partial charge in [0.1, 0.15) is 0 Å². The molecule has 0 N–H and O–H groups in total. The monoisotopic (exact) mass is 363 g/mol. The van der Waals surface area contributed by atoms with Crippen molar-refractivity contribution in [2.75, 3.05) is 37.7 Å². The average molecular weight is 363 g/mol. The van der Waals surface area contributed by atoms with Crippen molar-refractivity contribution in [2.24, 2.45) is 0 Å². The van der Waals surface area contributed by atoms with Gasteiger partial charge in [0.05, 0.1) is 41.8 Å². The molecule has 0 radical (unpaired) electrons. The van der Waals surface area contributed by atoms with Gasteiger partial charge in [-0.25, -0.2) is 19.3 Å². The molecule has 0 aliphatic carbocycles. The summed E-state index contributed by atoms with van der Waals surface area (Å²) in [6, 6.07) is 0. The lowest BCUT2D eigenvalue weighted by Gasteiger charge is -2.47. The Kier molecular flexibility index (Phi) is 4.66. The van der Waals surface area contributed by atoms with Gasteiger partial charge in [-0.2, -0.15) is 0 Å². The predicted molar refractivity (Wildman–Crippen MR) is 94.2 cm³/mol. The highest BCUT2D eigenvalue weighted by molar-refractivity contribution is 7.09. The quantitative estimate of drug-likeness (QED) is 0.834. The number of thiazole rings is 1. The van der Waals surface area contributed by atoms with Crippen molar-refractivity contribution in [3.8, 4) is 0 Å². The van der Waals surface area contributed by atoms with Gasteiger partial charge in [0.2, 0.25) is 5.95 Å². The Balaban J connectivity index is 1.37. The van der Waals surface area contributed by atoms with Gasteiger partial charge >= 0.3 is 0 Å². The van der Waals surface area contributed by atoms with Gasteiger partial charge in [0.25, 0.3) is 0 Å². The van der Waals surface area contributed by atoms with Crippen LogP contribution >= 0.6 is 11.3 Å². The van der Waals surface area contributed by atoms with Crippen molar-refractivity contribution < 1.29 is 9.13 Å². The Bertz CT molecular complexity index is 714. The van der Waals surface area contributed by atoms with Crippen LogP contribution in [0, 0.1) is 12.7 Å². The third-order valence-corrected chi connectivity index (χ3v) is 5.78. The first kappa shape index (κ1) is 16.8. The van der Waals surface area contributed by atoms with Crippen molar-refractivity contribution in [2.45, 2.75) is 31.9 Å². The van der Waals surface area contributed by atoms with Gasteiger partial charge in [-0.15, -0.1) is 11.3 Å². The van der Waals surface area contributed by atoms with Gasteiger partial charge in [-0.3, -0.25) is 4.90 Å². The van der Waals surface area contributed by atoms with Gasteiger partial charge in [-0.05, 0) is 19.8 Å². The Morgan fingerprint density at radius 2 is 2.00 bits per heavy atom. The van der Waals surface area contributed by atoms with Crippen LogP contribution in [0.1, 0.15) is 23.5 Å². The first-order valence-electron chi connectivity index (χ1n) is 8.62. The van der Waals surface area contributed by atoms with Crippen LogP contribution in [0.3, 0.4) is 0 Å². The van der Waals surface area contributed by atoms with Crippen molar-refractivity contribution in [3.63, 3.8) is 0 Å². The van der Waals surface area contributed by atoms with Gasteiger partial charge in [0, 0.05) is 31.6 Å². The van der Waals surface area contributed by atoms with Crippen LogP contribution < -0.4 is 4.90 Å². The molecule has 2 saturated heterocycles. The van der Waals surface area contributed by atoms with Crippen molar-refractivity contribution in [1.82, 2.24) is 19.9 Å². The Morgan fingerprint density at radius 3 is 2.68 bits per heavy atom. The molecule has 0 atom stereocenters. The van der Waals surface area contributed by atoms with Crippen LogP contribution in [0.4, 0.5) is 10.3 Å². The highest BCUT2D eigenvalue weighted by atomic mass is 32.1. The highest BCUT2D eigenvalue weighted by Gasteiger charge is 2.40. The first-order valence-corrected chi connectivity index (χ1v) is 9.50. The summed E-state index contributed by atoms with van der Waals surface area (Å²) in [6.45, 7) is 7.11. The number of rotatable bonds is 3. The van der Waals surface area contributed by atoms with Gasteiger partial charge in [-0.1, -0.05) is 0 Å². The molecule has 2 aliphatic heterocycles. The number of hydrogen-bond donors (Lipinski definition) is 0. The van der Waals surface area contributed by atoms with E-state index in [-0.39, 0.29) is 5.60 Å². The largest absolute Gasteiger partial charge is 0.371 e. The van der Waals surface area contributed by atoms with E-state index in [0.29, 0.717) is 12.6 Å². The Labute approximate surface area is 150 Å². The molecule has 4 rings (SSSR count). The minimum absolute atomic E-state index is 0.148. The lowest BCUT2D eigenvalue weighted by molar-refractivity contribution is -0.0925. The van der Waals surface area contributed by atoms with Gasteiger partial charge < -0.3 is 9.64 Å². The standard InChI is InChI=1S/C17H22FN5OS/c1-13-21-15(11-25-13)10-22-4-2-17(3-5-22)12-23(6-7-24-17)16-19-8-14(18)9-20-16/h8-9,11H,2-7,10,12H2,1H3. The fraction of sp³-hybridized carbons (Fsp3) is 0.588. The molecule has 0 aromatic carbocycles. The zero-order valence-electron chi connectivity index (χ0n) is 14.3. The fourth-order valence-electron chi connectivity index (χ4n) is 3.62. The number of halogens is 1. The lowest BCUT2D eigenvalue weighted by atomic mass is 9.89. The minimum atomic E-state index is -0.405. The summed E-state index contributed by atoms with van der Waals surface area (Å²) in [6.07, 6.45) is 4.41. The second kappa shape index (κ2) is 6.93. The van der Waals surface area contributed by atoms with Crippen LogP contribution in [-0.2, 0) is 11.3 Å². The van der Waals surface area contributed by atoms with E-state index in [1.165, 1.54) is 12.4 Å². The molecule has 134 valence electrons. The number of anilines is 1. The molecule has 0 unspecified atom stereocenters. The maximum atomic E-state index is 13.0. The minimum Gasteiger partial charge on any atom is -0.371 e. The maximum Gasteiger partial charge on any atom is 0.225 e. The molecule has 2 aromatic rings. The summed E-state index contributed by atoms with van der Waals surface area (Å²) in [4.78, 5) is 17.4. The van der Waals surface area contributed by atoms with Crippen molar-refractivity contribution >= 4 is 17.3 Å². The molecule has 1 spiro atoms. The Hall–Kier alpha value is -1.64. The average Bonchev–Trinajstić information content (AvgIpc) is 3.03. The molecule has 0 bridgehead atoms. The number of aromatic nitrogens is 3. The molecule has 2 aromatic heterocycles. The Morgan fingerprint density at radius 1 is 1.24 bits per heavy atom. The van der Waals surface area contributed by atoms with Crippen LogP contribution in [0.25, 0.3) is 0 Å². The molecule has 2 fully saturated rings. The van der Waals surface area contributed by atoms with Crippen molar-refractivity contribution in [1.29, 1.82) is 0 Å². The second-order valence-corrected chi connectivity index (χ2v) is 7.85. The number of piperidine rings is 1. The SMILES string of the molecule is Cc1nc(CN2CCC3(CC2)CN(c2ncc(F)cn2)CCO3)cs1. The van der Waals surface area contributed by atoms with Crippen LogP contribution in [0.15, 0.2) is 17.8 Å².